The highest BCUT2D eigenvalue weighted by Crippen LogP contribution is 2.22. The molecule has 1 unspecified atom stereocenters. The summed E-state index contributed by atoms with van der Waals surface area (Å²) in [6.45, 7) is 9.13. The molecule has 0 saturated heterocycles. The average Bonchev–Trinajstić information content (AvgIpc) is 2.38. The predicted molar refractivity (Wildman–Crippen MR) is 74.1 cm³/mol. The number of pyridine rings is 1. The van der Waals surface area contributed by atoms with Gasteiger partial charge in [0.2, 0.25) is 0 Å². The Morgan fingerprint density at radius 1 is 1.47 bits per heavy atom. The Labute approximate surface area is 105 Å². The number of hydrogen-bond donors (Lipinski definition) is 1. The standard InChI is InChI=1S/C15H24N2/c1-4-7-8-9-15(17-6-3)14-10-11-16-12-13(14)5-2/h4,10-12,15,17H,1,5-9H2,2-3H3. The lowest BCUT2D eigenvalue weighted by Crippen LogP contribution is -2.22. The van der Waals surface area contributed by atoms with Crippen molar-refractivity contribution in [2.75, 3.05) is 6.54 Å². The van der Waals surface area contributed by atoms with E-state index in [9.17, 15) is 0 Å². The summed E-state index contributed by atoms with van der Waals surface area (Å²) in [6, 6.07) is 2.61. The molecular weight excluding hydrogens is 208 g/mol. The molecule has 0 aliphatic carbocycles. The lowest BCUT2D eigenvalue weighted by atomic mass is 9.96. The molecule has 1 heterocycles. The van der Waals surface area contributed by atoms with Crippen LogP contribution in [0, 0.1) is 0 Å². The first-order valence-electron chi connectivity index (χ1n) is 6.60. The first-order valence-corrected chi connectivity index (χ1v) is 6.60. The average molecular weight is 232 g/mol. The molecule has 17 heavy (non-hydrogen) atoms. The Bertz CT molecular complexity index is 333. The lowest BCUT2D eigenvalue weighted by Gasteiger charge is -2.20. The van der Waals surface area contributed by atoms with E-state index in [-0.39, 0.29) is 0 Å². The zero-order valence-electron chi connectivity index (χ0n) is 11.1. The molecule has 0 bridgehead atoms. The summed E-state index contributed by atoms with van der Waals surface area (Å²) >= 11 is 0. The molecule has 0 aliphatic heterocycles. The minimum Gasteiger partial charge on any atom is -0.310 e. The van der Waals surface area contributed by atoms with Crippen LogP contribution in [0.1, 0.15) is 50.3 Å². The molecule has 1 aromatic rings. The van der Waals surface area contributed by atoms with E-state index in [2.05, 4.69) is 36.8 Å². The Balaban J connectivity index is 2.76. The number of nitrogens with one attached hydrogen (secondary N) is 1. The smallest absolute Gasteiger partial charge is 0.0324 e. The quantitative estimate of drug-likeness (QED) is 0.546. The highest BCUT2D eigenvalue weighted by molar-refractivity contribution is 5.26. The van der Waals surface area contributed by atoms with Crippen LogP contribution in [0.2, 0.25) is 0 Å². The maximum Gasteiger partial charge on any atom is 0.0324 e. The van der Waals surface area contributed by atoms with Gasteiger partial charge in [-0.15, -0.1) is 6.58 Å². The molecule has 1 aromatic heterocycles. The van der Waals surface area contributed by atoms with Crippen molar-refractivity contribution in [2.45, 2.75) is 45.6 Å². The molecule has 1 atom stereocenters. The molecule has 2 heteroatoms. The molecule has 1 rings (SSSR count). The van der Waals surface area contributed by atoms with Crippen molar-refractivity contribution in [1.82, 2.24) is 10.3 Å². The van der Waals surface area contributed by atoms with Crippen LogP contribution in [-0.2, 0) is 6.42 Å². The molecule has 0 spiro atoms. The number of aromatic nitrogens is 1. The Kier molecular flexibility index (Phi) is 6.56. The van der Waals surface area contributed by atoms with Gasteiger partial charge in [-0.3, -0.25) is 4.98 Å². The fourth-order valence-electron chi connectivity index (χ4n) is 2.15. The van der Waals surface area contributed by atoms with Gasteiger partial charge in [0.05, 0.1) is 0 Å². The Hall–Kier alpha value is -1.15. The van der Waals surface area contributed by atoms with Crippen molar-refractivity contribution < 1.29 is 0 Å². The third-order valence-corrected chi connectivity index (χ3v) is 3.05. The van der Waals surface area contributed by atoms with E-state index in [1.54, 1.807) is 0 Å². The molecule has 1 N–H and O–H groups in total. The van der Waals surface area contributed by atoms with E-state index in [1.165, 1.54) is 17.5 Å². The summed E-state index contributed by atoms with van der Waals surface area (Å²) < 4.78 is 0. The second kappa shape index (κ2) is 8.02. The van der Waals surface area contributed by atoms with Crippen molar-refractivity contribution in [1.29, 1.82) is 0 Å². The van der Waals surface area contributed by atoms with Gasteiger partial charge in [-0.2, -0.15) is 0 Å². The van der Waals surface area contributed by atoms with Crippen LogP contribution < -0.4 is 5.32 Å². The molecule has 0 fully saturated rings. The van der Waals surface area contributed by atoms with Crippen LogP contribution in [0.15, 0.2) is 31.1 Å². The monoisotopic (exact) mass is 232 g/mol. The first-order chi connectivity index (χ1) is 8.33. The zero-order chi connectivity index (χ0) is 12.5. The maximum atomic E-state index is 4.21. The minimum atomic E-state index is 0.456. The first kappa shape index (κ1) is 13.9. The Morgan fingerprint density at radius 2 is 2.29 bits per heavy atom. The van der Waals surface area contributed by atoms with Crippen molar-refractivity contribution in [2.24, 2.45) is 0 Å². The highest BCUT2D eigenvalue weighted by atomic mass is 14.9. The molecule has 0 saturated carbocycles. The molecular formula is C15H24N2. The molecule has 94 valence electrons. The SMILES string of the molecule is C=CCCCC(NCC)c1ccncc1CC. The van der Waals surface area contributed by atoms with Crippen LogP contribution in [0.5, 0.6) is 0 Å². The van der Waals surface area contributed by atoms with E-state index < -0.39 is 0 Å². The van der Waals surface area contributed by atoms with E-state index in [1.807, 2.05) is 18.5 Å². The number of allylic oxidation sites excluding steroid dienone is 1. The number of nitrogens with zero attached hydrogens (tertiary/aromatic N) is 1. The predicted octanol–water partition coefficient (Wildman–Crippen LogP) is 3.65. The second-order valence-corrected chi connectivity index (χ2v) is 4.26. The van der Waals surface area contributed by atoms with Gasteiger partial charge < -0.3 is 5.32 Å². The van der Waals surface area contributed by atoms with Gasteiger partial charge in [-0.05, 0) is 49.4 Å². The van der Waals surface area contributed by atoms with Crippen LogP contribution >= 0.6 is 0 Å². The van der Waals surface area contributed by atoms with Gasteiger partial charge in [0.25, 0.3) is 0 Å². The Morgan fingerprint density at radius 3 is 2.94 bits per heavy atom. The maximum absolute atomic E-state index is 4.21. The van der Waals surface area contributed by atoms with Crippen molar-refractivity contribution in [3.8, 4) is 0 Å². The number of hydrogen-bond acceptors (Lipinski definition) is 2. The number of aryl methyl sites for hydroxylation is 1. The van der Waals surface area contributed by atoms with Crippen LogP contribution in [0.4, 0.5) is 0 Å². The van der Waals surface area contributed by atoms with Gasteiger partial charge in [0.15, 0.2) is 0 Å². The number of rotatable bonds is 8. The summed E-state index contributed by atoms with van der Waals surface area (Å²) in [5, 5.41) is 3.57. The van der Waals surface area contributed by atoms with E-state index >= 15 is 0 Å². The van der Waals surface area contributed by atoms with Crippen molar-refractivity contribution in [3.05, 3.63) is 42.2 Å². The largest absolute Gasteiger partial charge is 0.310 e. The van der Waals surface area contributed by atoms with Crippen LogP contribution in [0.3, 0.4) is 0 Å². The molecule has 0 radical (unpaired) electrons. The summed E-state index contributed by atoms with van der Waals surface area (Å²) in [6.07, 6.45) is 10.4. The summed E-state index contributed by atoms with van der Waals surface area (Å²) in [7, 11) is 0. The molecule has 0 amide bonds. The fourth-order valence-corrected chi connectivity index (χ4v) is 2.15. The normalized spacial score (nSPS) is 12.4. The highest BCUT2D eigenvalue weighted by Gasteiger charge is 2.12. The molecule has 0 aliphatic rings. The van der Waals surface area contributed by atoms with Gasteiger partial charge >= 0.3 is 0 Å². The van der Waals surface area contributed by atoms with Gasteiger partial charge in [0.1, 0.15) is 0 Å². The summed E-state index contributed by atoms with van der Waals surface area (Å²) in [4.78, 5) is 4.21. The lowest BCUT2D eigenvalue weighted by molar-refractivity contribution is 0.497. The fraction of sp³-hybridized carbons (Fsp3) is 0.533. The third kappa shape index (κ3) is 4.31. The molecule has 0 aromatic carbocycles. The summed E-state index contributed by atoms with van der Waals surface area (Å²) in [5.74, 6) is 0. The van der Waals surface area contributed by atoms with Gasteiger partial charge in [-0.25, -0.2) is 0 Å². The minimum absolute atomic E-state index is 0.456. The van der Waals surface area contributed by atoms with Crippen molar-refractivity contribution >= 4 is 0 Å². The molecule has 2 nitrogen and oxygen atoms in total. The van der Waals surface area contributed by atoms with E-state index in [0.29, 0.717) is 6.04 Å². The van der Waals surface area contributed by atoms with Gasteiger partial charge in [0, 0.05) is 18.4 Å². The zero-order valence-corrected chi connectivity index (χ0v) is 11.1. The summed E-state index contributed by atoms with van der Waals surface area (Å²) in [5.41, 5.74) is 2.77. The third-order valence-electron chi connectivity index (χ3n) is 3.05. The number of unbranched alkanes of at least 4 members (excludes halogenated alkanes) is 1. The van der Waals surface area contributed by atoms with Crippen LogP contribution in [0.25, 0.3) is 0 Å². The van der Waals surface area contributed by atoms with Gasteiger partial charge in [-0.1, -0.05) is 19.9 Å². The van der Waals surface area contributed by atoms with E-state index in [0.717, 1.165) is 25.8 Å². The van der Waals surface area contributed by atoms with E-state index in [4.69, 9.17) is 0 Å². The second-order valence-electron chi connectivity index (χ2n) is 4.26. The topological polar surface area (TPSA) is 24.9 Å². The van der Waals surface area contributed by atoms with Crippen molar-refractivity contribution in [3.63, 3.8) is 0 Å². The van der Waals surface area contributed by atoms with Crippen LogP contribution in [-0.4, -0.2) is 11.5 Å².